The molecule has 35 heavy (non-hydrogen) atoms. The van der Waals surface area contributed by atoms with Crippen LogP contribution < -0.4 is 9.47 Å². The zero-order valence-corrected chi connectivity index (χ0v) is 22.8. The summed E-state index contributed by atoms with van der Waals surface area (Å²) >= 11 is 14.9. The zero-order valence-electron chi connectivity index (χ0n) is 18.1. The number of benzene rings is 2. The first-order chi connectivity index (χ1) is 16.3. The maximum absolute atomic E-state index is 11.7. The van der Waals surface area contributed by atoms with Crippen molar-refractivity contribution in [2.24, 2.45) is 0 Å². The average molecular weight is 595 g/mol. The van der Waals surface area contributed by atoms with Crippen LogP contribution in [0.1, 0.15) is 18.4 Å². The van der Waals surface area contributed by atoms with Gasteiger partial charge < -0.3 is 4.90 Å². The molecule has 0 fully saturated rings. The van der Waals surface area contributed by atoms with Crippen molar-refractivity contribution in [3.8, 4) is 0 Å². The molecule has 2 N–H and O–H groups in total. The van der Waals surface area contributed by atoms with Gasteiger partial charge in [0.15, 0.2) is 5.88 Å². The van der Waals surface area contributed by atoms with E-state index in [1.165, 1.54) is 32.6 Å². The van der Waals surface area contributed by atoms with E-state index in [4.69, 9.17) is 23.2 Å². The highest BCUT2D eigenvalue weighted by atomic mass is 35.5. The number of allylic oxidation sites excluding steroid dienone is 2. The fourth-order valence-electron chi connectivity index (χ4n) is 3.52. The molecule has 0 radical (unpaired) electrons. The van der Waals surface area contributed by atoms with Gasteiger partial charge in [0.1, 0.15) is 4.70 Å². The Morgan fingerprint density at radius 1 is 1.06 bits per heavy atom. The number of fused-ring (bicyclic) bond motifs is 2. The lowest BCUT2D eigenvalue weighted by Crippen LogP contribution is -2.39. The summed E-state index contributed by atoms with van der Waals surface area (Å²) in [7, 11) is -8.69. The van der Waals surface area contributed by atoms with Crippen LogP contribution in [0.15, 0.2) is 58.0 Å². The van der Waals surface area contributed by atoms with Crippen molar-refractivity contribution in [2.75, 3.05) is 10.8 Å². The Hall–Kier alpha value is -1.64. The van der Waals surface area contributed by atoms with Gasteiger partial charge in [-0.25, -0.2) is 0 Å². The number of halogens is 2. The Bertz CT molecular complexity index is 1600. The summed E-state index contributed by atoms with van der Waals surface area (Å²) in [5, 5.41) is 1.96. The number of hydrogen-bond acceptors (Lipinski definition) is 7. The van der Waals surface area contributed by atoms with E-state index in [0.29, 0.717) is 37.7 Å². The van der Waals surface area contributed by atoms with Crippen molar-refractivity contribution in [3.05, 3.63) is 68.1 Å². The van der Waals surface area contributed by atoms with Gasteiger partial charge in [-0.05, 0) is 48.4 Å². The second kappa shape index (κ2) is 10.0. The standard InChI is InChI=1S/C21H18Cl2N2O6S4/c1-2-13(7-20-24(11-34(26,27)28)16-9-14(22)3-5-18(16)32-20)8-21-25(12-35(29,30)31)17-10-15(23)4-6-19(17)33-21/h3-10H,2,11-12H2,1H3,(H-,26,27,28,29,30,31)/p+1. The van der Waals surface area contributed by atoms with Crippen molar-refractivity contribution in [1.29, 1.82) is 0 Å². The highest BCUT2D eigenvalue weighted by Gasteiger charge is 2.29. The molecule has 1 aromatic heterocycles. The molecule has 14 heteroatoms. The smallest absolute Gasteiger partial charge is 0.317 e. The molecule has 3 aromatic rings. The van der Waals surface area contributed by atoms with Crippen molar-refractivity contribution in [3.63, 3.8) is 0 Å². The molecule has 1 aliphatic rings. The lowest BCUT2D eigenvalue weighted by atomic mass is 10.2. The lowest BCUT2D eigenvalue weighted by Gasteiger charge is -2.19. The molecule has 0 saturated heterocycles. The number of thiazole rings is 1. The van der Waals surface area contributed by atoms with E-state index in [0.717, 1.165) is 15.2 Å². The summed E-state index contributed by atoms with van der Waals surface area (Å²) in [4.78, 5) is 2.24. The molecule has 4 rings (SSSR count). The van der Waals surface area contributed by atoms with E-state index >= 15 is 0 Å². The van der Waals surface area contributed by atoms with Gasteiger partial charge in [0, 0.05) is 27.1 Å². The maximum Gasteiger partial charge on any atom is 0.326 e. The molecule has 1 aliphatic heterocycles. The quantitative estimate of drug-likeness (QED) is 0.275. The molecule has 0 saturated carbocycles. The van der Waals surface area contributed by atoms with Crippen LogP contribution >= 0.6 is 46.3 Å². The highest BCUT2D eigenvalue weighted by molar-refractivity contribution is 8.03. The Kier molecular flexibility index (Phi) is 7.56. The van der Waals surface area contributed by atoms with Crippen molar-refractivity contribution < 1.29 is 30.5 Å². The molecule has 0 bridgehead atoms. The van der Waals surface area contributed by atoms with Crippen LogP contribution in [0, 0.1) is 0 Å². The van der Waals surface area contributed by atoms with E-state index in [9.17, 15) is 25.9 Å². The molecule has 2 aromatic carbocycles. The maximum atomic E-state index is 11.7. The van der Waals surface area contributed by atoms with Crippen molar-refractivity contribution in [1.82, 2.24) is 0 Å². The Morgan fingerprint density at radius 2 is 1.74 bits per heavy atom. The first-order valence-corrected chi connectivity index (χ1v) is 15.6. The third-order valence-electron chi connectivity index (χ3n) is 5.00. The van der Waals surface area contributed by atoms with Gasteiger partial charge >= 0.3 is 10.1 Å². The second-order valence-electron chi connectivity index (χ2n) is 7.60. The van der Waals surface area contributed by atoms with Crippen LogP contribution in [0.5, 0.6) is 0 Å². The summed E-state index contributed by atoms with van der Waals surface area (Å²) in [6.45, 7) is 1.90. The first kappa shape index (κ1) is 26.4. The SMILES string of the molecule is CCC(/C=C1\Sc2ccc(Cl)cc2N1CS(=O)(=O)O)=C\c1sc2ccc(Cl)cc2[n+]1CS(=O)(=O)O. The van der Waals surface area contributed by atoms with Gasteiger partial charge in [-0.2, -0.15) is 21.4 Å². The second-order valence-corrected chi connectivity index (χ2v) is 13.4. The molecule has 2 heterocycles. The third kappa shape index (κ3) is 6.38. The molecule has 0 unspecified atom stereocenters. The van der Waals surface area contributed by atoms with Gasteiger partial charge in [-0.1, -0.05) is 53.2 Å². The fraction of sp³-hybridized carbons (Fsp3) is 0.190. The minimum atomic E-state index is -4.35. The average Bonchev–Trinajstić information content (AvgIpc) is 3.23. The van der Waals surface area contributed by atoms with E-state index < -0.39 is 32.0 Å². The van der Waals surface area contributed by atoms with Gasteiger partial charge in [-0.3, -0.25) is 9.11 Å². The number of thioether (sulfide) groups is 1. The summed E-state index contributed by atoms with van der Waals surface area (Å²) in [6.07, 6.45) is 4.08. The molecule has 8 nitrogen and oxygen atoms in total. The fourth-order valence-corrected chi connectivity index (χ4v) is 7.46. The van der Waals surface area contributed by atoms with Crippen molar-refractivity contribution in [2.45, 2.75) is 24.1 Å². The van der Waals surface area contributed by atoms with E-state index in [1.807, 2.05) is 6.92 Å². The van der Waals surface area contributed by atoms with E-state index in [2.05, 4.69) is 0 Å². The molecular formula is C21H19Cl2N2O6S4+. The Morgan fingerprint density at radius 3 is 2.40 bits per heavy atom. The largest absolute Gasteiger partial charge is 0.326 e. The number of rotatable bonds is 7. The van der Waals surface area contributed by atoms with Gasteiger partial charge in [0.05, 0.1) is 10.7 Å². The van der Waals surface area contributed by atoms with Crippen LogP contribution in [0.3, 0.4) is 0 Å². The number of nitrogens with zero attached hydrogens (tertiary/aromatic N) is 2. The monoisotopic (exact) mass is 593 g/mol. The minimum absolute atomic E-state index is 0.424. The number of aromatic nitrogens is 1. The molecule has 186 valence electrons. The summed E-state index contributed by atoms with van der Waals surface area (Å²) in [6, 6.07) is 10.2. The van der Waals surface area contributed by atoms with Gasteiger partial charge in [0.25, 0.3) is 21.0 Å². The summed E-state index contributed by atoms with van der Waals surface area (Å²) in [5.74, 6) is -1.30. The van der Waals surface area contributed by atoms with Gasteiger partial charge in [0.2, 0.25) is 5.52 Å². The molecular weight excluding hydrogens is 575 g/mol. The molecule has 0 amide bonds. The molecule has 0 spiro atoms. The highest BCUT2D eigenvalue weighted by Crippen LogP contribution is 2.47. The lowest BCUT2D eigenvalue weighted by molar-refractivity contribution is -0.649. The van der Waals surface area contributed by atoms with E-state index in [-0.39, 0.29) is 0 Å². The Balaban J connectivity index is 1.83. The summed E-state index contributed by atoms with van der Waals surface area (Å²) < 4.78 is 68.1. The van der Waals surface area contributed by atoms with Crippen LogP contribution in [0.2, 0.25) is 10.0 Å². The van der Waals surface area contributed by atoms with Crippen LogP contribution in [-0.2, 0) is 26.1 Å². The normalized spacial score (nSPS) is 15.9. The predicted molar refractivity (Wildman–Crippen MR) is 141 cm³/mol. The number of anilines is 1. The molecule has 0 atom stereocenters. The van der Waals surface area contributed by atoms with Crippen LogP contribution in [0.25, 0.3) is 16.3 Å². The molecule has 0 aliphatic carbocycles. The number of hydrogen-bond donors (Lipinski definition) is 2. The third-order valence-corrected chi connectivity index (χ3v) is 8.86. The van der Waals surface area contributed by atoms with Crippen LogP contribution in [-0.4, -0.2) is 31.8 Å². The van der Waals surface area contributed by atoms with Crippen LogP contribution in [0.4, 0.5) is 5.69 Å². The van der Waals surface area contributed by atoms with E-state index in [1.54, 1.807) is 48.6 Å². The minimum Gasteiger partial charge on any atom is -0.317 e. The topological polar surface area (TPSA) is 116 Å². The van der Waals surface area contributed by atoms with Gasteiger partial charge in [-0.15, -0.1) is 0 Å². The summed E-state index contributed by atoms with van der Waals surface area (Å²) in [5.41, 5.74) is 1.87. The first-order valence-electron chi connectivity index (χ1n) is 10.0. The Labute approximate surface area is 221 Å². The zero-order chi connectivity index (χ0) is 25.5. The predicted octanol–water partition coefficient (Wildman–Crippen LogP) is 5.43. The van der Waals surface area contributed by atoms with Crippen molar-refractivity contribution >= 4 is 88.5 Å².